The Labute approximate surface area is 187 Å². The highest BCUT2D eigenvalue weighted by atomic mass is 32.2. The number of aromatic nitrogens is 2. The zero-order valence-corrected chi connectivity index (χ0v) is 18.1. The maximum atomic E-state index is 12.7. The molecule has 0 saturated carbocycles. The van der Waals surface area contributed by atoms with Gasteiger partial charge in [0.1, 0.15) is 17.1 Å². The third-order valence-corrected chi connectivity index (χ3v) is 7.59. The third kappa shape index (κ3) is 4.31. The highest BCUT2D eigenvalue weighted by Crippen LogP contribution is 2.41. The van der Waals surface area contributed by atoms with E-state index in [1.54, 1.807) is 0 Å². The normalized spacial score (nSPS) is 20.3. The van der Waals surface area contributed by atoms with Crippen molar-refractivity contribution in [1.29, 1.82) is 0 Å². The number of carbonyl (C=O) groups is 4. The first kappa shape index (κ1) is 21.4. The Balaban J connectivity index is 1.43. The molecule has 2 aliphatic heterocycles. The molecule has 1 saturated heterocycles. The predicted molar refractivity (Wildman–Crippen MR) is 111 cm³/mol. The summed E-state index contributed by atoms with van der Waals surface area (Å²) < 4.78 is 5.08. The van der Waals surface area contributed by atoms with Gasteiger partial charge < -0.3 is 20.6 Å². The number of primary amides is 1. The van der Waals surface area contributed by atoms with E-state index in [1.807, 2.05) is 17.5 Å². The van der Waals surface area contributed by atoms with Crippen LogP contribution in [-0.2, 0) is 20.8 Å². The van der Waals surface area contributed by atoms with Gasteiger partial charge in [0.2, 0.25) is 5.91 Å². The monoisotopic (exact) mass is 481 g/mol. The van der Waals surface area contributed by atoms with Gasteiger partial charge in [-0.15, -0.1) is 33.3 Å². The number of rotatable bonds is 8. The molecular formula is C17H15N5O6S3. The van der Waals surface area contributed by atoms with Crippen molar-refractivity contribution in [1.82, 2.24) is 20.4 Å². The van der Waals surface area contributed by atoms with Gasteiger partial charge in [0.05, 0.1) is 6.42 Å². The Morgan fingerprint density at radius 2 is 2.19 bits per heavy atom. The van der Waals surface area contributed by atoms with Gasteiger partial charge in [0, 0.05) is 16.4 Å². The minimum absolute atomic E-state index is 0.0619. The molecule has 31 heavy (non-hydrogen) atoms. The molecule has 4 rings (SSSR count). The molecule has 0 aliphatic carbocycles. The minimum Gasteiger partial charge on any atom is -0.477 e. The number of aliphatic carboxylic acids is 1. The van der Waals surface area contributed by atoms with Crippen LogP contribution in [0.1, 0.15) is 15.6 Å². The molecule has 1 unspecified atom stereocenters. The number of hydrogen-bond acceptors (Lipinski definition) is 10. The van der Waals surface area contributed by atoms with E-state index in [2.05, 4.69) is 15.5 Å². The number of β-lactam (4-membered cyclic amide) rings is 1. The van der Waals surface area contributed by atoms with Gasteiger partial charge in [0.25, 0.3) is 11.1 Å². The van der Waals surface area contributed by atoms with Crippen molar-refractivity contribution in [2.75, 3.05) is 11.5 Å². The van der Waals surface area contributed by atoms with Gasteiger partial charge in [-0.05, 0) is 17.0 Å². The second-order valence-electron chi connectivity index (χ2n) is 6.49. The first-order valence-electron chi connectivity index (χ1n) is 8.83. The molecule has 3 amide bonds. The van der Waals surface area contributed by atoms with Crippen LogP contribution in [0.4, 0.5) is 0 Å². The van der Waals surface area contributed by atoms with Crippen molar-refractivity contribution in [3.63, 3.8) is 0 Å². The minimum atomic E-state index is -1.24. The number of thioether (sulfide) groups is 2. The van der Waals surface area contributed by atoms with Crippen LogP contribution in [-0.4, -0.2) is 66.8 Å². The molecule has 0 spiro atoms. The molecule has 2 aromatic heterocycles. The van der Waals surface area contributed by atoms with E-state index >= 15 is 0 Å². The van der Waals surface area contributed by atoms with Gasteiger partial charge in [-0.1, -0.05) is 17.8 Å². The Bertz CT molecular complexity index is 1080. The molecule has 2 atom stereocenters. The summed E-state index contributed by atoms with van der Waals surface area (Å²) in [6.07, 6.45) is 0.166. The lowest BCUT2D eigenvalue weighted by Crippen LogP contribution is -2.70. The molecule has 11 nitrogen and oxygen atoms in total. The second-order valence-corrected chi connectivity index (χ2v) is 9.56. The largest absolute Gasteiger partial charge is 0.477 e. The van der Waals surface area contributed by atoms with Gasteiger partial charge in [-0.25, -0.2) is 4.79 Å². The predicted octanol–water partition coefficient (Wildman–Crippen LogP) is 0.303. The molecule has 14 heteroatoms. The van der Waals surface area contributed by atoms with E-state index in [9.17, 15) is 24.3 Å². The number of carboxylic acids is 1. The SMILES string of the molecule is NC(=O)c1nnc(SCC2=C(C(=O)O)N3C(=O)C(NC(=O)Cc4cccs4)[C@@H]3SC2)o1. The summed E-state index contributed by atoms with van der Waals surface area (Å²) in [5.41, 5.74) is 5.44. The lowest BCUT2D eigenvalue weighted by Gasteiger charge is -2.49. The quantitative estimate of drug-likeness (QED) is 0.352. The smallest absolute Gasteiger partial charge is 0.352 e. The molecule has 0 radical (unpaired) electrons. The molecule has 4 heterocycles. The van der Waals surface area contributed by atoms with E-state index in [-0.39, 0.29) is 34.9 Å². The van der Waals surface area contributed by atoms with E-state index in [1.165, 1.54) is 28.0 Å². The maximum Gasteiger partial charge on any atom is 0.352 e. The fourth-order valence-electron chi connectivity index (χ4n) is 3.11. The first-order valence-corrected chi connectivity index (χ1v) is 11.7. The molecular weight excluding hydrogens is 466 g/mol. The highest BCUT2D eigenvalue weighted by molar-refractivity contribution is 8.01. The van der Waals surface area contributed by atoms with Gasteiger partial charge >= 0.3 is 17.8 Å². The standard InChI is InChI=1S/C17H15N5O6S3/c18-12(24)13-20-21-17(28-13)31-6-7-5-30-15-10(14(25)22(15)11(7)16(26)27)19-9(23)4-8-2-1-3-29-8/h1-3,10,15H,4-6H2,(H2,18,24)(H,19,23)(H,26,27)/t10?,15-/m0/s1. The molecule has 162 valence electrons. The zero-order valence-electron chi connectivity index (χ0n) is 15.6. The van der Waals surface area contributed by atoms with Gasteiger partial charge in [-0.3, -0.25) is 19.3 Å². The number of nitrogens with two attached hydrogens (primary N) is 1. The molecule has 0 bridgehead atoms. The van der Waals surface area contributed by atoms with Crippen molar-refractivity contribution in [3.05, 3.63) is 39.6 Å². The number of carbonyl (C=O) groups excluding carboxylic acids is 3. The van der Waals surface area contributed by atoms with Crippen LogP contribution in [0.15, 0.2) is 38.4 Å². The lowest BCUT2D eigenvalue weighted by atomic mass is 10.0. The fraction of sp³-hybridized carbons (Fsp3) is 0.294. The molecule has 1 fully saturated rings. The topological polar surface area (TPSA) is 169 Å². The second kappa shape index (κ2) is 8.72. The van der Waals surface area contributed by atoms with Crippen molar-refractivity contribution >= 4 is 58.6 Å². The summed E-state index contributed by atoms with van der Waals surface area (Å²) in [5, 5.41) is 21.0. The number of nitrogens with one attached hydrogen (secondary N) is 1. The molecule has 0 aromatic carbocycles. The maximum absolute atomic E-state index is 12.7. The summed E-state index contributed by atoms with van der Waals surface area (Å²) in [5.74, 6) is -2.68. The van der Waals surface area contributed by atoms with E-state index in [0.29, 0.717) is 11.3 Å². The molecule has 2 aliphatic rings. The molecule has 2 aromatic rings. The summed E-state index contributed by atoms with van der Waals surface area (Å²) in [6, 6.07) is 2.90. The number of thiophene rings is 1. The summed E-state index contributed by atoms with van der Waals surface area (Å²) in [7, 11) is 0. The highest BCUT2D eigenvalue weighted by Gasteiger charge is 2.54. The fourth-order valence-corrected chi connectivity index (χ4v) is 6.06. The van der Waals surface area contributed by atoms with Crippen molar-refractivity contribution in [3.8, 4) is 0 Å². The van der Waals surface area contributed by atoms with Crippen LogP contribution in [0.3, 0.4) is 0 Å². The lowest BCUT2D eigenvalue weighted by molar-refractivity contribution is -0.150. The molecule has 4 N–H and O–H groups in total. The third-order valence-electron chi connectivity index (χ3n) is 4.47. The van der Waals surface area contributed by atoms with Gasteiger partial charge in [0.15, 0.2) is 0 Å². The van der Waals surface area contributed by atoms with Crippen LogP contribution in [0.25, 0.3) is 0 Å². The number of fused-ring (bicyclic) bond motifs is 1. The Morgan fingerprint density at radius 1 is 1.39 bits per heavy atom. The van der Waals surface area contributed by atoms with Crippen molar-refractivity contribution in [2.45, 2.75) is 23.1 Å². The average molecular weight is 482 g/mol. The summed E-state index contributed by atoms with van der Waals surface area (Å²) in [6.45, 7) is 0. The van der Waals surface area contributed by atoms with Crippen LogP contribution >= 0.6 is 34.9 Å². The van der Waals surface area contributed by atoms with E-state index in [0.717, 1.165) is 16.6 Å². The number of nitrogens with zero attached hydrogens (tertiary/aromatic N) is 3. The Kier molecular flexibility index (Phi) is 6.02. The van der Waals surface area contributed by atoms with E-state index < -0.39 is 29.2 Å². The summed E-state index contributed by atoms with van der Waals surface area (Å²) >= 11 is 3.85. The zero-order chi connectivity index (χ0) is 22.1. The van der Waals surface area contributed by atoms with Crippen LogP contribution in [0.2, 0.25) is 0 Å². The van der Waals surface area contributed by atoms with Crippen molar-refractivity contribution in [2.24, 2.45) is 5.73 Å². The first-order chi connectivity index (χ1) is 14.8. The number of amides is 3. The van der Waals surface area contributed by atoms with Crippen LogP contribution in [0, 0.1) is 0 Å². The van der Waals surface area contributed by atoms with Crippen LogP contribution in [0.5, 0.6) is 0 Å². The average Bonchev–Trinajstić information content (AvgIpc) is 3.41. The Morgan fingerprint density at radius 3 is 2.84 bits per heavy atom. The number of hydrogen-bond donors (Lipinski definition) is 3. The van der Waals surface area contributed by atoms with Crippen molar-refractivity contribution < 1.29 is 28.7 Å². The Hall–Kier alpha value is -2.84. The number of carboxylic acid groups (broad SMARTS) is 1. The van der Waals surface area contributed by atoms with E-state index in [4.69, 9.17) is 10.2 Å². The van der Waals surface area contributed by atoms with Crippen LogP contribution < -0.4 is 11.1 Å². The summed E-state index contributed by atoms with van der Waals surface area (Å²) in [4.78, 5) is 49.9. The van der Waals surface area contributed by atoms with Gasteiger partial charge in [-0.2, -0.15) is 0 Å².